The van der Waals surface area contributed by atoms with Crippen molar-refractivity contribution in [1.82, 2.24) is 10.3 Å². The molecule has 0 amide bonds. The van der Waals surface area contributed by atoms with E-state index < -0.39 is 0 Å². The van der Waals surface area contributed by atoms with Gasteiger partial charge in [0.25, 0.3) is 0 Å². The maximum absolute atomic E-state index is 5.22. The molecule has 4 heteroatoms. The van der Waals surface area contributed by atoms with E-state index in [1.54, 1.807) is 18.4 Å². The summed E-state index contributed by atoms with van der Waals surface area (Å²) in [6.45, 7) is 5.46. The van der Waals surface area contributed by atoms with Crippen LogP contribution in [-0.2, 0) is 11.2 Å². The number of methoxy groups -OCH3 is 1. The van der Waals surface area contributed by atoms with Crippen molar-refractivity contribution >= 4 is 11.3 Å². The van der Waals surface area contributed by atoms with Crippen molar-refractivity contribution in [2.45, 2.75) is 26.3 Å². The topological polar surface area (TPSA) is 34.1 Å². The van der Waals surface area contributed by atoms with Crippen LogP contribution in [0.3, 0.4) is 0 Å². The average Bonchev–Trinajstić information content (AvgIpc) is 2.64. The van der Waals surface area contributed by atoms with Gasteiger partial charge in [0.1, 0.15) is 0 Å². The highest BCUT2D eigenvalue weighted by Crippen LogP contribution is 2.25. The molecule has 0 aromatic carbocycles. The Morgan fingerprint density at radius 1 is 1.62 bits per heavy atom. The zero-order valence-electron chi connectivity index (χ0n) is 10.0. The number of hydrogen-bond donors (Lipinski definition) is 1. The Labute approximate surface area is 101 Å². The van der Waals surface area contributed by atoms with Gasteiger partial charge in [-0.15, -0.1) is 17.8 Å². The molecular weight excluding hydrogens is 220 g/mol. The predicted octanol–water partition coefficient (Wildman–Crippen LogP) is 1.92. The fourth-order valence-electron chi connectivity index (χ4n) is 1.47. The summed E-state index contributed by atoms with van der Waals surface area (Å²) >= 11 is 1.74. The normalized spacial score (nSPS) is 12.4. The number of nitrogens with one attached hydrogen (secondary N) is 1. The van der Waals surface area contributed by atoms with Crippen molar-refractivity contribution in [2.75, 3.05) is 20.3 Å². The molecule has 0 aliphatic heterocycles. The van der Waals surface area contributed by atoms with Crippen LogP contribution in [0.15, 0.2) is 0 Å². The third kappa shape index (κ3) is 3.60. The lowest BCUT2D eigenvalue weighted by molar-refractivity contribution is 0.202. The van der Waals surface area contributed by atoms with Crippen LogP contribution in [0, 0.1) is 19.3 Å². The molecule has 1 rings (SSSR count). The Morgan fingerprint density at radius 3 is 3.00 bits per heavy atom. The van der Waals surface area contributed by atoms with Crippen molar-refractivity contribution in [3.8, 4) is 12.3 Å². The van der Waals surface area contributed by atoms with Crippen LogP contribution in [0.5, 0.6) is 0 Å². The maximum Gasteiger partial charge on any atom is 0.0954 e. The zero-order valence-corrected chi connectivity index (χ0v) is 10.9. The molecule has 0 aliphatic carbocycles. The summed E-state index contributed by atoms with van der Waals surface area (Å²) in [5.74, 6) is 2.58. The summed E-state index contributed by atoms with van der Waals surface area (Å²) in [6, 6.07) is 0.268. The molecule has 16 heavy (non-hydrogen) atoms. The minimum Gasteiger partial charge on any atom is -0.384 e. The second-order valence-corrected chi connectivity index (χ2v) is 4.72. The van der Waals surface area contributed by atoms with E-state index in [0.717, 1.165) is 23.7 Å². The van der Waals surface area contributed by atoms with Crippen molar-refractivity contribution in [2.24, 2.45) is 0 Å². The van der Waals surface area contributed by atoms with Crippen LogP contribution >= 0.6 is 11.3 Å². The maximum atomic E-state index is 5.22. The second-order valence-electron chi connectivity index (χ2n) is 3.61. The van der Waals surface area contributed by atoms with Crippen molar-refractivity contribution in [1.29, 1.82) is 0 Å². The van der Waals surface area contributed by atoms with Gasteiger partial charge in [-0.1, -0.05) is 5.92 Å². The number of aryl methyl sites for hydroxylation is 1. The summed E-state index contributed by atoms with van der Waals surface area (Å²) in [5.41, 5.74) is 1.09. The molecule has 0 aliphatic rings. The summed E-state index contributed by atoms with van der Waals surface area (Å²) in [6.07, 6.45) is 6.10. The van der Waals surface area contributed by atoms with E-state index in [2.05, 4.69) is 23.1 Å². The first-order chi connectivity index (χ1) is 7.69. The van der Waals surface area contributed by atoms with Gasteiger partial charge in [-0.05, 0) is 13.8 Å². The minimum atomic E-state index is 0.268. The first-order valence-corrected chi connectivity index (χ1v) is 6.12. The molecule has 1 atom stereocenters. The molecule has 0 saturated heterocycles. The smallest absolute Gasteiger partial charge is 0.0954 e. The number of ether oxygens (including phenoxy) is 1. The van der Waals surface area contributed by atoms with Gasteiger partial charge < -0.3 is 4.74 Å². The molecule has 0 fully saturated rings. The average molecular weight is 238 g/mol. The van der Waals surface area contributed by atoms with E-state index in [9.17, 15) is 0 Å². The van der Waals surface area contributed by atoms with Crippen LogP contribution in [-0.4, -0.2) is 25.2 Å². The monoisotopic (exact) mass is 238 g/mol. The first-order valence-electron chi connectivity index (χ1n) is 5.31. The van der Waals surface area contributed by atoms with Crippen molar-refractivity contribution < 1.29 is 4.74 Å². The molecule has 1 heterocycles. The molecule has 1 aromatic rings. The van der Waals surface area contributed by atoms with Crippen LogP contribution < -0.4 is 5.32 Å². The Bertz CT molecular complexity index is 368. The van der Waals surface area contributed by atoms with Crippen LogP contribution in [0.2, 0.25) is 0 Å². The molecule has 0 radical (unpaired) electrons. The van der Waals surface area contributed by atoms with Gasteiger partial charge in [-0.25, -0.2) is 4.98 Å². The summed E-state index contributed by atoms with van der Waals surface area (Å²) < 4.78 is 5.04. The summed E-state index contributed by atoms with van der Waals surface area (Å²) in [5, 5.41) is 4.39. The van der Waals surface area contributed by atoms with E-state index >= 15 is 0 Å². The molecular formula is C12H18N2OS. The SMILES string of the molecule is C#CCNC(C)c1sc(CCOC)nc1C. The van der Waals surface area contributed by atoms with Crippen molar-refractivity contribution in [3.63, 3.8) is 0 Å². The number of terminal acetylenes is 1. The van der Waals surface area contributed by atoms with Gasteiger partial charge in [-0.2, -0.15) is 0 Å². The predicted molar refractivity (Wildman–Crippen MR) is 67.7 cm³/mol. The highest BCUT2D eigenvalue weighted by molar-refractivity contribution is 7.11. The number of nitrogens with zero attached hydrogens (tertiary/aromatic N) is 1. The molecule has 0 spiro atoms. The van der Waals surface area contributed by atoms with Gasteiger partial charge in [-0.3, -0.25) is 5.32 Å². The van der Waals surface area contributed by atoms with Gasteiger partial charge in [0.2, 0.25) is 0 Å². The third-order valence-corrected chi connectivity index (χ3v) is 3.70. The highest BCUT2D eigenvalue weighted by atomic mass is 32.1. The number of thiazole rings is 1. The molecule has 0 saturated carbocycles. The molecule has 3 nitrogen and oxygen atoms in total. The Balaban J connectivity index is 2.65. The van der Waals surface area contributed by atoms with Crippen LogP contribution in [0.1, 0.15) is 28.5 Å². The van der Waals surface area contributed by atoms with E-state index in [0.29, 0.717) is 6.54 Å². The number of hydrogen-bond acceptors (Lipinski definition) is 4. The van der Waals surface area contributed by atoms with E-state index in [-0.39, 0.29) is 6.04 Å². The van der Waals surface area contributed by atoms with E-state index in [1.165, 1.54) is 4.88 Å². The Hall–Kier alpha value is -0.890. The largest absolute Gasteiger partial charge is 0.384 e. The van der Waals surface area contributed by atoms with Gasteiger partial charge in [0.15, 0.2) is 0 Å². The molecule has 1 unspecified atom stereocenters. The van der Waals surface area contributed by atoms with Gasteiger partial charge >= 0.3 is 0 Å². The lowest BCUT2D eigenvalue weighted by Crippen LogP contribution is -2.18. The molecule has 88 valence electrons. The van der Waals surface area contributed by atoms with Gasteiger partial charge in [0.05, 0.1) is 23.9 Å². The first kappa shape index (κ1) is 13.2. The highest BCUT2D eigenvalue weighted by Gasteiger charge is 2.13. The lowest BCUT2D eigenvalue weighted by atomic mass is 10.2. The summed E-state index contributed by atoms with van der Waals surface area (Å²) in [7, 11) is 1.71. The molecule has 1 N–H and O–H groups in total. The zero-order chi connectivity index (χ0) is 12.0. The Kier molecular flexibility index (Phi) is 5.47. The quantitative estimate of drug-likeness (QED) is 0.769. The standard InChI is InChI=1S/C12H18N2OS/c1-5-7-13-9(2)12-10(3)14-11(16-12)6-8-15-4/h1,9,13H,6-8H2,2-4H3. The fourth-order valence-corrected chi connectivity index (χ4v) is 2.54. The molecule has 1 aromatic heterocycles. The van der Waals surface area contributed by atoms with Crippen LogP contribution in [0.4, 0.5) is 0 Å². The second kappa shape index (κ2) is 6.64. The number of aromatic nitrogens is 1. The van der Waals surface area contributed by atoms with Crippen molar-refractivity contribution in [3.05, 3.63) is 15.6 Å². The Morgan fingerprint density at radius 2 is 2.38 bits per heavy atom. The lowest BCUT2D eigenvalue weighted by Gasteiger charge is -2.09. The van der Waals surface area contributed by atoms with E-state index in [1.807, 2.05) is 6.92 Å². The van der Waals surface area contributed by atoms with Gasteiger partial charge in [0, 0.05) is 24.4 Å². The van der Waals surface area contributed by atoms with E-state index in [4.69, 9.17) is 11.2 Å². The minimum absolute atomic E-state index is 0.268. The third-order valence-electron chi connectivity index (χ3n) is 2.30. The molecule has 0 bridgehead atoms. The van der Waals surface area contributed by atoms with Crippen LogP contribution in [0.25, 0.3) is 0 Å². The summed E-state index contributed by atoms with van der Waals surface area (Å²) in [4.78, 5) is 5.79. The number of rotatable bonds is 6. The fraction of sp³-hybridized carbons (Fsp3) is 0.583.